The molecule has 0 radical (unpaired) electrons. The van der Waals surface area contributed by atoms with Gasteiger partial charge in [-0.25, -0.2) is 18.7 Å². The summed E-state index contributed by atoms with van der Waals surface area (Å²) < 4.78 is 27.4. The Hall–Kier alpha value is -1.31. The van der Waals surface area contributed by atoms with Crippen molar-refractivity contribution in [3.8, 4) is 0 Å². The third kappa shape index (κ3) is 2.74. The van der Waals surface area contributed by atoms with E-state index in [2.05, 4.69) is 32.6 Å². The molecule has 0 unspecified atom stereocenters. The molecule has 1 fully saturated rings. The number of benzene rings is 1. The molecule has 1 aliphatic carbocycles. The number of rotatable bonds is 3. The number of halogens is 3. The van der Waals surface area contributed by atoms with Gasteiger partial charge in [-0.1, -0.05) is 6.07 Å². The molecule has 0 spiro atoms. The van der Waals surface area contributed by atoms with Crippen LogP contribution in [-0.2, 0) is 6.42 Å². The second-order valence-electron chi connectivity index (χ2n) is 4.91. The minimum atomic E-state index is -0.590. The summed E-state index contributed by atoms with van der Waals surface area (Å²) in [5, 5.41) is 0. The minimum absolute atomic E-state index is 0.215. The molecule has 1 heterocycles. The monoisotopic (exact) mass is 387 g/mol. The van der Waals surface area contributed by atoms with Gasteiger partial charge >= 0.3 is 0 Å². The maximum Gasteiger partial charge on any atom is 0.140 e. The van der Waals surface area contributed by atoms with Crippen LogP contribution < -0.4 is 5.73 Å². The Morgan fingerprint density at radius 3 is 2.65 bits per heavy atom. The van der Waals surface area contributed by atoms with Gasteiger partial charge in [-0.2, -0.15) is 0 Å². The molecule has 3 nitrogen and oxygen atoms in total. The van der Waals surface area contributed by atoms with E-state index in [1.54, 1.807) is 0 Å². The van der Waals surface area contributed by atoms with E-state index in [1.807, 2.05) is 0 Å². The zero-order chi connectivity index (χ0) is 14.3. The van der Waals surface area contributed by atoms with Crippen LogP contribution in [0.25, 0.3) is 0 Å². The van der Waals surface area contributed by atoms with Crippen molar-refractivity contribution >= 4 is 28.4 Å². The summed E-state index contributed by atoms with van der Waals surface area (Å²) in [5.41, 5.74) is 7.21. The predicted octanol–water partition coefficient (Wildman–Crippen LogP) is 3.41. The summed E-state index contributed by atoms with van der Waals surface area (Å²) in [5.74, 6) is 0.186. The maximum atomic E-state index is 13.7. The van der Waals surface area contributed by atoms with E-state index in [0.29, 0.717) is 23.1 Å². The molecule has 0 aliphatic heterocycles. The van der Waals surface area contributed by atoms with Gasteiger partial charge in [-0.15, -0.1) is 0 Å². The number of anilines is 1. The average Bonchev–Trinajstić information content (AvgIpc) is 3.21. The van der Waals surface area contributed by atoms with Crippen LogP contribution in [0.15, 0.2) is 18.2 Å². The first kappa shape index (κ1) is 13.7. The molecule has 0 amide bonds. The van der Waals surface area contributed by atoms with Crippen LogP contribution in [0.4, 0.5) is 14.6 Å². The smallest absolute Gasteiger partial charge is 0.140 e. The fourth-order valence-electron chi connectivity index (χ4n) is 2.07. The Bertz CT molecular complexity index is 672. The minimum Gasteiger partial charge on any atom is -0.383 e. The number of nitrogens with zero attached hydrogens (tertiary/aromatic N) is 2. The topological polar surface area (TPSA) is 51.8 Å². The Balaban J connectivity index is 1.94. The molecule has 2 N–H and O–H groups in total. The summed E-state index contributed by atoms with van der Waals surface area (Å²) >= 11 is 2.15. The van der Waals surface area contributed by atoms with Crippen molar-refractivity contribution in [3.63, 3.8) is 0 Å². The number of aromatic nitrogens is 2. The fourth-order valence-corrected chi connectivity index (χ4v) is 2.76. The van der Waals surface area contributed by atoms with Gasteiger partial charge in [0.2, 0.25) is 0 Å². The van der Waals surface area contributed by atoms with Gasteiger partial charge in [-0.3, -0.25) is 0 Å². The molecule has 3 rings (SSSR count). The Morgan fingerprint density at radius 1 is 1.25 bits per heavy atom. The Labute approximate surface area is 128 Å². The van der Waals surface area contributed by atoms with E-state index in [1.165, 1.54) is 12.1 Å². The van der Waals surface area contributed by atoms with Gasteiger partial charge in [0.05, 0.1) is 9.26 Å². The molecule has 2 aromatic rings. The average molecular weight is 387 g/mol. The van der Waals surface area contributed by atoms with E-state index >= 15 is 0 Å². The Morgan fingerprint density at radius 2 is 2.00 bits per heavy atom. The molecule has 0 atom stereocenters. The molecule has 0 saturated heterocycles. The van der Waals surface area contributed by atoms with Gasteiger partial charge in [0.25, 0.3) is 0 Å². The van der Waals surface area contributed by atoms with Crippen molar-refractivity contribution in [2.24, 2.45) is 0 Å². The van der Waals surface area contributed by atoms with Crippen LogP contribution in [0.5, 0.6) is 0 Å². The predicted molar refractivity (Wildman–Crippen MR) is 80.3 cm³/mol. The third-order valence-corrected chi connectivity index (χ3v) is 4.38. The quantitative estimate of drug-likeness (QED) is 0.822. The van der Waals surface area contributed by atoms with Crippen molar-refractivity contribution in [2.45, 2.75) is 25.2 Å². The highest BCUT2D eigenvalue weighted by Gasteiger charge is 2.29. The molecule has 6 heteroatoms. The molecule has 20 heavy (non-hydrogen) atoms. The van der Waals surface area contributed by atoms with Crippen molar-refractivity contribution in [1.29, 1.82) is 0 Å². The molecule has 104 valence electrons. The lowest BCUT2D eigenvalue weighted by molar-refractivity contribution is 0.573. The van der Waals surface area contributed by atoms with Gasteiger partial charge < -0.3 is 5.73 Å². The van der Waals surface area contributed by atoms with E-state index in [0.717, 1.165) is 28.2 Å². The van der Waals surface area contributed by atoms with Crippen LogP contribution in [0.1, 0.15) is 35.8 Å². The number of nitrogens with two attached hydrogens (primary N) is 1. The first-order chi connectivity index (χ1) is 9.54. The van der Waals surface area contributed by atoms with Crippen molar-refractivity contribution in [3.05, 3.63) is 50.5 Å². The normalized spacial score (nSPS) is 14.6. The van der Waals surface area contributed by atoms with Gasteiger partial charge in [0, 0.05) is 18.4 Å². The standard InChI is InChI=1S/C14H12F2IN3/c15-9-4-3-8(10(16)6-9)5-11-19-13(7-1-2-7)12(17)14(18)20-11/h3-4,6-7H,1-2,5H2,(H2,18,19,20). The zero-order valence-electron chi connectivity index (χ0n) is 10.5. The largest absolute Gasteiger partial charge is 0.383 e. The van der Waals surface area contributed by atoms with Crippen LogP contribution in [-0.4, -0.2) is 9.97 Å². The van der Waals surface area contributed by atoms with E-state index < -0.39 is 11.6 Å². The summed E-state index contributed by atoms with van der Waals surface area (Å²) in [6, 6.07) is 3.52. The molecular formula is C14H12F2IN3. The van der Waals surface area contributed by atoms with Crippen LogP contribution >= 0.6 is 22.6 Å². The molecular weight excluding hydrogens is 375 g/mol. The lowest BCUT2D eigenvalue weighted by Gasteiger charge is -2.09. The van der Waals surface area contributed by atoms with Crippen LogP contribution in [0, 0.1) is 15.2 Å². The number of nitrogen functional groups attached to an aromatic ring is 1. The van der Waals surface area contributed by atoms with Crippen molar-refractivity contribution in [2.75, 3.05) is 5.73 Å². The van der Waals surface area contributed by atoms with Crippen molar-refractivity contribution < 1.29 is 8.78 Å². The van der Waals surface area contributed by atoms with Crippen LogP contribution in [0.2, 0.25) is 0 Å². The highest BCUT2D eigenvalue weighted by atomic mass is 127. The lowest BCUT2D eigenvalue weighted by Crippen LogP contribution is -2.08. The summed E-state index contributed by atoms with van der Waals surface area (Å²) in [6.07, 6.45) is 2.43. The highest BCUT2D eigenvalue weighted by molar-refractivity contribution is 14.1. The van der Waals surface area contributed by atoms with Crippen LogP contribution in [0.3, 0.4) is 0 Å². The van der Waals surface area contributed by atoms with E-state index in [4.69, 9.17) is 5.73 Å². The second kappa shape index (κ2) is 5.23. The van der Waals surface area contributed by atoms with E-state index in [9.17, 15) is 8.78 Å². The first-order valence-electron chi connectivity index (χ1n) is 6.30. The molecule has 0 bridgehead atoms. The van der Waals surface area contributed by atoms with E-state index in [-0.39, 0.29) is 6.42 Å². The number of hydrogen-bond acceptors (Lipinski definition) is 3. The lowest BCUT2D eigenvalue weighted by atomic mass is 10.1. The second-order valence-corrected chi connectivity index (χ2v) is 5.99. The highest BCUT2D eigenvalue weighted by Crippen LogP contribution is 2.41. The molecule has 1 aliphatic rings. The maximum absolute atomic E-state index is 13.7. The fraction of sp³-hybridized carbons (Fsp3) is 0.286. The summed E-state index contributed by atoms with van der Waals surface area (Å²) in [6.45, 7) is 0. The van der Waals surface area contributed by atoms with Gasteiger partial charge in [0.15, 0.2) is 0 Å². The van der Waals surface area contributed by atoms with Crippen molar-refractivity contribution in [1.82, 2.24) is 9.97 Å². The summed E-state index contributed by atoms with van der Waals surface area (Å²) in [4.78, 5) is 8.70. The molecule has 1 aromatic carbocycles. The Kier molecular flexibility index (Phi) is 3.57. The first-order valence-corrected chi connectivity index (χ1v) is 7.38. The molecule has 1 saturated carbocycles. The van der Waals surface area contributed by atoms with Gasteiger partial charge in [-0.05, 0) is 47.1 Å². The SMILES string of the molecule is Nc1nc(Cc2ccc(F)cc2F)nc(C2CC2)c1I. The summed E-state index contributed by atoms with van der Waals surface area (Å²) in [7, 11) is 0. The van der Waals surface area contributed by atoms with Gasteiger partial charge in [0.1, 0.15) is 23.3 Å². The third-order valence-electron chi connectivity index (χ3n) is 3.28. The molecule has 1 aromatic heterocycles. The number of hydrogen-bond donors (Lipinski definition) is 1. The zero-order valence-corrected chi connectivity index (χ0v) is 12.7.